The smallest absolute Gasteiger partial charge is 0.387 e. The van der Waals surface area contributed by atoms with Crippen molar-refractivity contribution < 1.29 is 32.6 Å². The fourth-order valence-electron chi connectivity index (χ4n) is 2.57. The lowest BCUT2D eigenvalue weighted by Crippen LogP contribution is -2.30. The van der Waals surface area contributed by atoms with Gasteiger partial charge in [-0.1, -0.05) is 12.1 Å². The van der Waals surface area contributed by atoms with Gasteiger partial charge in [0.2, 0.25) is 11.8 Å². The Bertz CT molecular complexity index is 681. The minimum atomic E-state index is -3.02. The van der Waals surface area contributed by atoms with Crippen molar-refractivity contribution in [2.75, 3.05) is 26.8 Å². The van der Waals surface area contributed by atoms with Gasteiger partial charge in [-0.25, -0.2) is 0 Å². The van der Waals surface area contributed by atoms with Crippen molar-refractivity contribution in [3.8, 4) is 11.5 Å². The van der Waals surface area contributed by atoms with Gasteiger partial charge >= 0.3 is 6.61 Å². The molecule has 1 aromatic rings. The van der Waals surface area contributed by atoms with Gasteiger partial charge < -0.3 is 24.8 Å². The highest BCUT2D eigenvalue weighted by molar-refractivity contribution is 5.92. The summed E-state index contributed by atoms with van der Waals surface area (Å²) in [6.45, 7) is -2.42. The van der Waals surface area contributed by atoms with Gasteiger partial charge in [0.05, 0.1) is 13.2 Å². The van der Waals surface area contributed by atoms with Crippen molar-refractivity contribution in [3.63, 3.8) is 0 Å². The lowest BCUT2D eigenvalue weighted by molar-refractivity contribution is -0.126. The Balaban J connectivity index is 2.03. The molecular weight excluding hydrogens is 350 g/mol. The third-order valence-electron chi connectivity index (χ3n) is 3.76. The molecule has 26 heavy (non-hydrogen) atoms. The van der Waals surface area contributed by atoms with E-state index in [1.807, 2.05) is 0 Å². The summed E-state index contributed by atoms with van der Waals surface area (Å²) in [6.07, 6.45) is 2.99. The number of carbonyl (C=O) groups is 2. The van der Waals surface area contributed by atoms with Gasteiger partial charge in [-0.15, -0.1) is 0 Å². The largest absolute Gasteiger partial charge is 0.493 e. The number of benzene rings is 1. The summed E-state index contributed by atoms with van der Waals surface area (Å²) in [6, 6.07) is 4.62. The lowest BCUT2D eigenvalue weighted by Gasteiger charge is -2.15. The SMILES string of the molecule is COc1cccc(/C=C\C(=O)N2CC[C@H](OCC(N)=O)C2)c1OC(F)F. The normalized spacial score (nSPS) is 17.1. The number of nitrogens with two attached hydrogens (primary N) is 1. The predicted octanol–water partition coefficient (Wildman–Crippen LogP) is 1.41. The fourth-order valence-corrected chi connectivity index (χ4v) is 2.57. The Kier molecular flexibility index (Phi) is 6.90. The van der Waals surface area contributed by atoms with Crippen molar-refractivity contribution in [2.45, 2.75) is 19.1 Å². The maximum absolute atomic E-state index is 12.6. The van der Waals surface area contributed by atoms with Crippen molar-refractivity contribution in [1.29, 1.82) is 0 Å². The van der Waals surface area contributed by atoms with Crippen molar-refractivity contribution in [2.24, 2.45) is 5.73 Å². The summed E-state index contributed by atoms with van der Waals surface area (Å²) in [5.41, 5.74) is 5.31. The van der Waals surface area contributed by atoms with E-state index in [2.05, 4.69) is 4.74 Å². The minimum Gasteiger partial charge on any atom is -0.493 e. The van der Waals surface area contributed by atoms with E-state index in [0.717, 1.165) is 0 Å². The first-order chi connectivity index (χ1) is 12.4. The molecule has 1 atom stereocenters. The molecule has 1 saturated heterocycles. The van der Waals surface area contributed by atoms with Crippen molar-refractivity contribution >= 4 is 17.9 Å². The molecule has 9 heteroatoms. The number of rotatable bonds is 8. The van der Waals surface area contributed by atoms with E-state index in [1.54, 1.807) is 6.07 Å². The molecule has 7 nitrogen and oxygen atoms in total. The first kappa shape index (κ1) is 19.6. The molecule has 0 spiro atoms. The summed E-state index contributed by atoms with van der Waals surface area (Å²) in [4.78, 5) is 24.5. The van der Waals surface area contributed by atoms with Gasteiger partial charge in [0.25, 0.3) is 0 Å². The Morgan fingerprint density at radius 2 is 2.19 bits per heavy atom. The first-order valence-corrected chi connectivity index (χ1v) is 7.89. The number of halogens is 2. The molecule has 0 saturated carbocycles. The van der Waals surface area contributed by atoms with E-state index in [1.165, 1.54) is 36.3 Å². The van der Waals surface area contributed by atoms with Crippen LogP contribution in [0.5, 0.6) is 11.5 Å². The molecule has 0 bridgehead atoms. The van der Waals surface area contributed by atoms with Gasteiger partial charge in [0, 0.05) is 24.7 Å². The standard InChI is InChI=1S/C17H20F2N2O5/c1-24-13-4-2-3-11(16(13)26-17(18)19)5-6-15(23)21-8-7-12(9-21)25-10-14(20)22/h2-6,12,17H,7-10H2,1H3,(H2,20,22)/b6-5-/t12-/m0/s1. The van der Waals surface area contributed by atoms with E-state index >= 15 is 0 Å². The summed E-state index contributed by atoms with van der Waals surface area (Å²) in [7, 11) is 1.34. The van der Waals surface area contributed by atoms with Crippen LogP contribution in [0.25, 0.3) is 6.08 Å². The van der Waals surface area contributed by atoms with E-state index in [0.29, 0.717) is 25.1 Å². The van der Waals surface area contributed by atoms with Crippen LogP contribution in [0.15, 0.2) is 24.3 Å². The highest BCUT2D eigenvalue weighted by Gasteiger charge is 2.26. The average molecular weight is 370 g/mol. The van der Waals surface area contributed by atoms with Crippen LogP contribution >= 0.6 is 0 Å². The molecule has 0 aromatic heterocycles. The molecule has 142 valence electrons. The Labute approximate surface area is 149 Å². The number of primary amides is 1. The maximum Gasteiger partial charge on any atom is 0.387 e. The Hall–Kier alpha value is -2.68. The molecule has 0 radical (unpaired) electrons. The molecule has 0 aliphatic carbocycles. The number of methoxy groups -OCH3 is 1. The highest BCUT2D eigenvalue weighted by atomic mass is 19.3. The second-order valence-corrected chi connectivity index (χ2v) is 5.56. The number of hydrogen-bond donors (Lipinski definition) is 1. The molecular formula is C17H20F2N2O5. The quantitative estimate of drug-likeness (QED) is 0.699. The molecule has 1 aliphatic heterocycles. The van der Waals surface area contributed by atoms with Crippen molar-refractivity contribution in [3.05, 3.63) is 29.8 Å². The van der Waals surface area contributed by atoms with Crippen LogP contribution in [-0.2, 0) is 14.3 Å². The fraction of sp³-hybridized carbons (Fsp3) is 0.412. The number of likely N-dealkylation sites (tertiary alicyclic amines) is 1. The summed E-state index contributed by atoms with van der Waals surface area (Å²) in [5, 5.41) is 0. The molecule has 2 amide bonds. The molecule has 1 heterocycles. The number of carbonyl (C=O) groups excluding carboxylic acids is 2. The van der Waals surface area contributed by atoms with E-state index in [-0.39, 0.29) is 30.1 Å². The third kappa shape index (κ3) is 5.41. The zero-order valence-electron chi connectivity index (χ0n) is 14.2. The van der Waals surface area contributed by atoms with Gasteiger partial charge in [0.15, 0.2) is 11.5 Å². The number of nitrogens with zero attached hydrogens (tertiary/aromatic N) is 1. The molecule has 0 unspecified atom stereocenters. The first-order valence-electron chi connectivity index (χ1n) is 7.89. The van der Waals surface area contributed by atoms with Gasteiger partial charge in [-0.05, 0) is 18.6 Å². The number of amides is 2. The third-order valence-corrected chi connectivity index (χ3v) is 3.76. The van der Waals surface area contributed by atoms with Gasteiger partial charge in [-0.3, -0.25) is 9.59 Å². The molecule has 2 rings (SSSR count). The average Bonchev–Trinajstić information content (AvgIpc) is 3.07. The molecule has 1 aromatic carbocycles. The second-order valence-electron chi connectivity index (χ2n) is 5.56. The lowest BCUT2D eigenvalue weighted by atomic mass is 10.1. The van der Waals surface area contributed by atoms with Crippen LogP contribution in [-0.4, -0.2) is 56.2 Å². The number of para-hydroxylation sites is 1. The van der Waals surface area contributed by atoms with Crippen molar-refractivity contribution in [1.82, 2.24) is 4.90 Å². The molecule has 1 fully saturated rings. The highest BCUT2D eigenvalue weighted by Crippen LogP contribution is 2.33. The monoisotopic (exact) mass is 370 g/mol. The number of hydrogen-bond acceptors (Lipinski definition) is 5. The zero-order valence-corrected chi connectivity index (χ0v) is 14.2. The van der Waals surface area contributed by atoms with Crippen LogP contribution in [0.2, 0.25) is 0 Å². The molecule has 1 aliphatic rings. The van der Waals surface area contributed by atoms with Crippen LogP contribution in [0.1, 0.15) is 12.0 Å². The number of alkyl halides is 2. The van der Waals surface area contributed by atoms with E-state index < -0.39 is 12.5 Å². The Morgan fingerprint density at radius 1 is 1.42 bits per heavy atom. The predicted molar refractivity (Wildman–Crippen MR) is 88.8 cm³/mol. The second kappa shape index (κ2) is 9.14. The van der Waals surface area contributed by atoms with Crippen LogP contribution in [0.4, 0.5) is 8.78 Å². The van der Waals surface area contributed by atoms with E-state index in [9.17, 15) is 18.4 Å². The summed E-state index contributed by atoms with van der Waals surface area (Å²) >= 11 is 0. The minimum absolute atomic E-state index is 0.140. The maximum atomic E-state index is 12.6. The molecule has 2 N–H and O–H groups in total. The Morgan fingerprint density at radius 3 is 2.85 bits per heavy atom. The van der Waals surface area contributed by atoms with E-state index in [4.69, 9.17) is 15.2 Å². The van der Waals surface area contributed by atoms with Gasteiger partial charge in [-0.2, -0.15) is 8.78 Å². The summed E-state index contributed by atoms with van der Waals surface area (Å²) < 4.78 is 40.0. The topological polar surface area (TPSA) is 91.1 Å². The van der Waals surface area contributed by atoms with Gasteiger partial charge in [0.1, 0.15) is 6.61 Å². The zero-order chi connectivity index (χ0) is 19.1. The number of ether oxygens (including phenoxy) is 3. The van der Waals surface area contributed by atoms with Crippen LogP contribution < -0.4 is 15.2 Å². The van der Waals surface area contributed by atoms with Crippen LogP contribution in [0, 0.1) is 0 Å². The van der Waals surface area contributed by atoms with Crippen LogP contribution in [0.3, 0.4) is 0 Å². The summed E-state index contributed by atoms with van der Waals surface area (Å²) in [5.74, 6) is -0.876.